The molecule has 0 spiro atoms. The van der Waals surface area contributed by atoms with Crippen molar-refractivity contribution in [2.45, 2.75) is 31.2 Å². The molecule has 82 valence electrons. The third-order valence-electron chi connectivity index (χ3n) is 3.22. The van der Waals surface area contributed by atoms with Crippen LogP contribution in [0.5, 0.6) is 0 Å². The molecule has 2 rings (SSSR count). The second-order valence-electron chi connectivity index (χ2n) is 4.46. The van der Waals surface area contributed by atoms with E-state index in [1.807, 2.05) is 18.2 Å². The zero-order valence-electron chi connectivity index (χ0n) is 9.01. The summed E-state index contributed by atoms with van der Waals surface area (Å²) in [7, 11) is 0. The first kappa shape index (κ1) is 10.6. The first-order valence-corrected chi connectivity index (χ1v) is 5.70. The van der Waals surface area contributed by atoms with Gasteiger partial charge in [-0.15, -0.1) is 0 Å². The minimum absolute atomic E-state index is 0.262. The van der Waals surface area contributed by atoms with Gasteiger partial charge in [-0.3, -0.25) is 0 Å². The Morgan fingerprint density at radius 3 is 2.60 bits per heavy atom. The van der Waals surface area contributed by atoms with E-state index in [1.54, 1.807) is 0 Å². The molecular formula is C13H18FN. The average molecular weight is 207 g/mol. The summed E-state index contributed by atoms with van der Waals surface area (Å²) in [5.74, 6) is 0. The molecule has 0 radical (unpaired) electrons. The number of hydrogen-bond donors (Lipinski definition) is 1. The van der Waals surface area contributed by atoms with Gasteiger partial charge in [-0.05, 0) is 31.4 Å². The van der Waals surface area contributed by atoms with Gasteiger partial charge in [0, 0.05) is 0 Å². The first-order valence-electron chi connectivity index (χ1n) is 5.70. The highest BCUT2D eigenvalue weighted by Gasteiger charge is 2.31. The maximum atomic E-state index is 13.2. The summed E-state index contributed by atoms with van der Waals surface area (Å²) < 4.78 is 13.2. The molecule has 15 heavy (non-hydrogen) atoms. The summed E-state index contributed by atoms with van der Waals surface area (Å²) in [5.41, 5.74) is 0.934. The van der Waals surface area contributed by atoms with Crippen LogP contribution in [-0.4, -0.2) is 18.8 Å². The van der Waals surface area contributed by atoms with Gasteiger partial charge in [-0.1, -0.05) is 36.8 Å². The van der Waals surface area contributed by atoms with Gasteiger partial charge in [-0.25, -0.2) is 4.39 Å². The molecule has 1 aromatic carbocycles. The van der Waals surface area contributed by atoms with Crippen molar-refractivity contribution in [3.8, 4) is 0 Å². The van der Waals surface area contributed by atoms with Crippen LogP contribution in [0.1, 0.15) is 24.8 Å². The number of alkyl halides is 1. The highest BCUT2D eigenvalue weighted by Crippen LogP contribution is 2.24. The maximum Gasteiger partial charge on any atom is 0.108 e. The van der Waals surface area contributed by atoms with Crippen molar-refractivity contribution in [3.63, 3.8) is 0 Å². The zero-order chi connectivity index (χ0) is 10.6. The molecule has 0 saturated carbocycles. The number of halogens is 1. The van der Waals surface area contributed by atoms with Crippen LogP contribution >= 0.6 is 0 Å². The number of nitrogens with one attached hydrogen (secondary N) is 1. The molecule has 1 atom stereocenters. The van der Waals surface area contributed by atoms with Crippen LogP contribution in [0.4, 0.5) is 4.39 Å². The van der Waals surface area contributed by atoms with Gasteiger partial charge in [0.2, 0.25) is 0 Å². The van der Waals surface area contributed by atoms with Crippen LogP contribution < -0.4 is 5.32 Å². The normalized spacial score (nSPS) is 26.5. The van der Waals surface area contributed by atoms with Gasteiger partial charge in [0.05, 0.1) is 5.54 Å². The van der Waals surface area contributed by atoms with E-state index in [0.29, 0.717) is 0 Å². The minimum Gasteiger partial charge on any atom is -0.309 e. The number of rotatable bonds is 3. The van der Waals surface area contributed by atoms with Crippen molar-refractivity contribution >= 4 is 0 Å². The maximum absolute atomic E-state index is 13.2. The Hall–Kier alpha value is -0.890. The molecule has 1 N–H and O–H groups in total. The summed E-state index contributed by atoms with van der Waals surface area (Å²) in [4.78, 5) is 0. The second-order valence-corrected chi connectivity index (χ2v) is 4.46. The van der Waals surface area contributed by atoms with Gasteiger partial charge in [0.1, 0.15) is 6.67 Å². The van der Waals surface area contributed by atoms with Crippen molar-refractivity contribution in [2.75, 3.05) is 13.2 Å². The van der Waals surface area contributed by atoms with Crippen LogP contribution in [0, 0.1) is 0 Å². The van der Waals surface area contributed by atoms with Gasteiger partial charge in [0.25, 0.3) is 0 Å². The molecular weight excluding hydrogens is 189 g/mol. The summed E-state index contributed by atoms with van der Waals surface area (Å²) in [6.07, 6.45) is 4.09. The summed E-state index contributed by atoms with van der Waals surface area (Å²) in [6.45, 7) is 0.693. The number of benzene rings is 1. The Morgan fingerprint density at radius 1 is 1.20 bits per heavy atom. The molecule has 0 bridgehead atoms. The van der Waals surface area contributed by atoms with Gasteiger partial charge >= 0.3 is 0 Å². The number of hydrogen-bond acceptors (Lipinski definition) is 1. The Labute approximate surface area is 90.7 Å². The van der Waals surface area contributed by atoms with Crippen molar-refractivity contribution in [1.29, 1.82) is 0 Å². The lowest BCUT2D eigenvalue weighted by atomic mass is 9.84. The van der Waals surface area contributed by atoms with Crippen LogP contribution in [-0.2, 0) is 6.42 Å². The summed E-state index contributed by atoms with van der Waals surface area (Å²) >= 11 is 0. The van der Waals surface area contributed by atoms with E-state index in [2.05, 4.69) is 17.4 Å². The second kappa shape index (κ2) is 4.75. The lowest BCUT2D eigenvalue weighted by Crippen LogP contribution is -2.52. The molecule has 1 saturated heterocycles. The van der Waals surface area contributed by atoms with E-state index >= 15 is 0 Å². The van der Waals surface area contributed by atoms with Gasteiger partial charge in [-0.2, -0.15) is 0 Å². The van der Waals surface area contributed by atoms with Gasteiger partial charge < -0.3 is 5.32 Å². The zero-order valence-corrected chi connectivity index (χ0v) is 9.01. The minimum atomic E-state index is -0.292. The van der Waals surface area contributed by atoms with E-state index in [1.165, 1.54) is 12.0 Å². The molecule has 0 aliphatic carbocycles. The molecule has 0 aromatic heterocycles. The molecule has 1 aliphatic rings. The lowest BCUT2D eigenvalue weighted by Gasteiger charge is -2.36. The Morgan fingerprint density at radius 2 is 2.00 bits per heavy atom. The van der Waals surface area contributed by atoms with Gasteiger partial charge in [0.15, 0.2) is 0 Å². The SMILES string of the molecule is FCC1(Cc2ccccc2)CCCCN1. The Bertz CT molecular complexity index is 291. The van der Waals surface area contributed by atoms with E-state index in [-0.39, 0.29) is 12.2 Å². The standard InChI is InChI=1S/C13H18FN/c14-11-13(8-4-5-9-15-13)10-12-6-2-1-3-7-12/h1-3,6-7,15H,4-5,8-11H2. The fraction of sp³-hybridized carbons (Fsp3) is 0.538. The van der Waals surface area contributed by atoms with E-state index in [0.717, 1.165) is 25.8 Å². The Balaban J connectivity index is 2.07. The molecule has 1 fully saturated rings. The molecule has 1 aromatic rings. The topological polar surface area (TPSA) is 12.0 Å². The highest BCUT2D eigenvalue weighted by atomic mass is 19.1. The molecule has 2 heteroatoms. The van der Waals surface area contributed by atoms with Crippen molar-refractivity contribution in [2.24, 2.45) is 0 Å². The number of piperidine rings is 1. The molecule has 1 aliphatic heterocycles. The van der Waals surface area contributed by atoms with E-state index in [9.17, 15) is 4.39 Å². The fourth-order valence-electron chi connectivity index (χ4n) is 2.33. The largest absolute Gasteiger partial charge is 0.309 e. The third-order valence-corrected chi connectivity index (χ3v) is 3.22. The first-order chi connectivity index (χ1) is 7.35. The van der Waals surface area contributed by atoms with E-state index < -0.39 is 0 Å². The lowest BCUT2D eigenvalue weighted by molar-refractivity contribution is 0.195. The fourth-order valence-corrected chi connectivity index (χ4v) is 2.33. The third kappa shape index (κ3) is 2.57. The highest BCUT2D eigenvalue weighted by molar-refractivity contribution is 5.18. The summed E-state index contributed by atoms with van der Waals surface area (Å²) in [6, 6.07) is 10.2. The quantitative estimate of drug-likeness (QED) is 0.803. The predicted octanol–water partition coefficient (Wildman–Crippen LogP) is 2.71. The molecule has 0 amide bonds. The van der Waals surface area contributed by atoms with Crippen LogP contribution in [0.2, 0.25) is 0 Å². The van der Waals surface area contributed by atoms with Crippen LogP contribution in [0.3, 0.4) is 0 Å². The van der Waals surface area contributed by atoms with E-state index in [4.69, 9.17) is 0 Å². The van der Waals surface area contributed by atoms with Crippen molar-refractivity contribution in [1.82, 2.24) is 5.32 Å². The summed E-state index contributed by atoms with van der Waals surface area (Å²) in [5, 5.41) is 3.36. The van der Waals surface area contributed by atoms with Crippen LogP contribution in [0.25, 0.3) is 0 Å². The van der Waals surface area contributed by atoms with Crippen molar-refractivity contribution in [3.05, 3.63) is 35.9 Å². The van der Waals surface area contributed by atoms with Crippen molar-refractivity contribution < 1.29 is 4.39 Å². The predicted molar refractivity (Wildman–Crippen MR) is 60.7 cm³/mol. The monoisotopic (exact) mass is 207 g/mol. The smallest absolute Gasteiger partial charge is 0.108 e. The molecule has 1 nitrogen and oxygen atoms in total. The molecule has 1 heterocycles. The average Bonchev–Trinajstić information content (AvgIpc) is 2.32. The Kier molecular flexibility index (Phi) is 3.37. The van der Waals surface area contributed by atoms with Crippen LogP contribution in [0.15, 0.2) is 30.3 Å². The molecule has 1 unspecified atom stereocenters.